The summed E-state index contributed by atoms with van der Waals surface area (Å²) in [6.45, 7) is 6.54. The van der Waals surface area contributed by atoms with E-state index < -0.39 is 55.8 Å². The number of carbonyl (C=O) groups is 3. The summed E-state index contributed by atoms with van der Waals surface area (Å²) in [4.78, 5) is 39.8. The number of aliphatic hydroxyl groups is 3. The number of hydrogen-bond donors (Lipinski definition) is 3. The van der Waals surface area contributed by atoms with Crippen LogP contribution in [0, 0.1) is 0 Å². The number of carbonyl (C=O) groups excluding carboxylic acids is 3. The van der Waals surface area contributed by atoms with Crippen molar-refractivity contribution in [2.45, 2.75) is 217 Å². The molecule has 0 bridgehead atoms. The molecule has 10 heteroatoms. The molecule has 0 aliphatic rings. The van der Waals surface area contributed by atoms with Gasteiger partial charge in [0.25, 0.3) is 0 Å². The van der Waals surface area contributed by atoms with E-state index in [2.05, 4.69) is 20.8 Å². The molecule has 0 heterocycles. The predicted molar refractivity (Wildman–Crippen MR) is 190 cm³/mol. The monoisotopic (exact) mass is 780 g/mol. The Morgan fingerprint density at radius 3 is 0.809 bits per heavy atom. The van der Waals surface area contributed by atoms with E-state index in [1.54, 1.807) is 0 Å². The summed E-state index contributed by atoms with van der Waals surface area (Å²) in [5.74, 6) is -3.04. The Morgan fingerprint density at radius 2 is 0.596 bits per heavy atom. The Morgan fingerprint density at radius 1 is 0.404 bits per heavy atom. The summed E-state index contributed by atoms with van der Waals surface area (Å²) in [6, 6.07) is 0. The van der Waals surface area contributed by atoms with Gasteiger partial charge in [0.05, 0.1) is 0 Å². The summed E-state index contributed by atoms with van der Waals surface area (Å²) >= 11 is -5.31. The quantitative estimate of drug-likeness (QED) is 0.0440. The molecule has 3 N–H and O–H groups in total. The van der Waals surface area contributed by atoms with Crippen molar-refractivity contribution in [1.29, 1.82) is 0 Å². The van der Waals surface area contributed by atoms with E-state index in [4.69, 9.17) is 9.22 Å². The molecule has 0 aromatic rings. The second kappa shape index (κ2) is 31.1. The maximum atomic E-state index is 12.8. The van der Waals surface area contributed by atoms with Gasteiger partial charge in [0, 0.05) is 0 Å². The Balaban J connectivity index is 5.00. The normalized spacial score (nSPS) is 14.6. The Hall–Kier alpha value is -0.911. The molecule has 3 atom stereocenters. The molecule has 0 fully saturated rings. The van der Waals surface area contributed by atoms with Crippen LogP contribution in [0.3, 0.4) is 0 Å². The van der Waals surface area contributed by atoms with Gasteiger partial charge in [-0.3, -0.25) is 0 Å². The van der Waals surface area contributed by atoms with Crippen molar-refractivity contribution < 1.29 is 38.9 Å². The topological polar surface area (TPSA) is 140 Å². The van der Waals surface area contributed by atoms with E-state index in [0.717, 1.165) is 57.8 Å². The molecule has 0 rings (SSSR count). The molecular weight excluding hydrogens is 707 g/mol. The number of unbranched alkanes of at least 4 members (excludes halogenated alkanes) is 21. The van der Waals surface area contributed by atoms with Crippen molar-refractivity contribution in [3.05, 3.63) is 0 Å². The molecule has 0 saturated heterocycles. The van der Waals surface area contributed by atoms with E-state index in [9.17, 15) is 29.7 Å². The predicted octanol–water partition coefficient (Wildman–Crippen LogP) is 8.86. The van der Waals surface area contributed by atoms with Crippen molar-refractivity contribution in [1.82, 2.24) is 0 Å². The summed E-state index contributed by atoms with van der Waals surface area (Å²) in [7, 11) is 0. The van der Waals surface area contributed by atoms with Gasteiger partial charge in [-0.05, 0) is 0 Å². The summed E-state index contributed by atoms with van der Waals surface area (Å²) in [5, 5.41) is 31.5. The summed E-state index contributed by atoms with van der Waals surface area (Å²) in [6.07, 6.45) is 21.6. The molecule has 0 aliphatic carbocycles. The van der Waals surface area contributed by atoms with Crippen LogP contribution >= 0.6 is 0 Å². The van der Waals surface area contributed by atoms with Gasteiger partial charge in [0.1, 0.15) is 0 Å². The van der Waals surface area contributed by atoms with Gasteiger partial charge in [-0.2, -0.15) is 0 Å². The van der Waals surface area contributed by atoms with Crippen molar-refractivity contribution in [3.8, 4) is 0 Å². The molecule has 0 aromatic heterocycles. The van der Waals surface area contributed by atoms with Gasteiger partial charge in [0.15, 0.2) is 0 Å². The first kappa shape index (κ1) is 46.1. The van der Waals surface area contributed by atoms with Crippen molar-refractivity contribution in [2.24, 2.45) is 0 Å². The van der Waals surface area contributed by atoms with Crippen LogP contribution in [0.2, 0.25) is 4.94 Å². The molecular formula is C37H72O9Sn. The van der Waals surface area contributed by atoms with E-state index in [1.165, 1.54) is 82.0 Å². The SMILES string of the molecule is CCCCCCCCCCC(O)C(=O)[O][Sn]([CH3])([O]C(=O)C(O)CCCCCCCCCC)[O]C(=O)C(O)CCCCCCCCCC. The minimum Gasteiger partial charge on any atom is -0.0654 e. The molecule has 47 heavy (non-hydrogen) atoms. The standard InChI is InChI=1S/3C12H24O3.CH3.Sn/c3*1-2-3-4-5-6-7-8-9-10-11(13)12(14)15;;/h3*11,13H,2-10H2,1H3,(H,14,15);1H3;/q;;;;+3/p-3. The van der Waals surface area contributed by atoms with Gasteiger partial charge in [-0.15, -0.1) is 0 Å². The van der Waals surface area contributed by atoms with Gasteiger partial charge in [-0.25, -0.2) is 0 Å². The zero-order valence-corrected chi connectivity index (χ0v) is 33.5. The third kappa shape index (κ3) is 26.6. The smallest absolute Gasteiger partial charge is 0.0654 e. The van der Waals surface area contributed by atoms with Crippen LogP contribution in [-0.4, -0.2) is 71.2 Å². The van der Waals surface area contributed by atoms with E-state index in [-0.39, 0.29) is 19.3 Å². The molecule has 0 aliphatic heterocycles. The van der Waals surface area contributed by atoms with Crippen molar-refractivity contribution in [2.75, 3.05) is 0 Å². The minimum atomic E-state index is -5.31. The molecule has 0 radical (unpaired) electrons. The molecule has 3 unspecified atom stereocenters. The van der Waals surface area contributed by atoms with Crippen LogP contribution in [0.25, 0.3) is 0 Å². The van der Waals surface area contributed by atoms with Crippen molar-refractivity contribution in [3.63, 3.8) is 0 Å². The second-order valence-electron chi connectivity index (χ2n) is 13.5. The molecule has 0 amide bonds. The van der Waals surface area contributed by atoms with Crippen LogP contribution in [0.1, 0.15) is 194 Å². The Bertz CT molecular complexity index is 681. The molecule has 0 spiro atoms. The zero-order valence-electron chi connectivity index (χ0n) is 30.6. The fourth-order valence-corrected chi connectivity index (χ4v) is 10.2. The zero-order chi connectivity index (χ0) is 35.2. The van der Waals surface area contributed by atoms with Gasteiger partial charge >= 0.3 is 273 Å². The number of rotatable bonds is 33. The number of hydrogen-bond acceptors (Lipinski definition) is 9. The van der Waals surface area contributed by atoms with E-state index in [1.807, 2.05) is 0 Å². The summed E-state index contributed by atoms with van der Waals surface area (Å²) < 4.78 is 16.4. The van der Waals surface area contributed by atoms with E-state index >= 15 is 0 Å². The molecule has 0 saturated carbocycles. The van der Waals surface area contributed by atoms with Crippen molar-refractivity contribution >= 4 is 37.5 Å². The fourth-order valence-electron chi connectivity index (χ4n) is 5.58. The molecule has 9 nitrogen and oxygen atoms in total. The van der Waals surface area contributed by atoms with Crippen LogP contribution in [0.5, 0.6) is 0 Å². The van der Waals surface area contributed by atoms with Gasteiger partial charge in [0.2, 0.25) is 0 Å². The third-order valence-electron chi connectivity index (χ3n) is 8.67. The molecule has 0 aromatic carbocycles. The van der Waals surface area contributed by atoms with E-state index in [0.29, 0.717) is 19.3 Å². The van der Waals surface area contributed by atoms with Crippen LogP contribution in [0.4, 0.5) is 0 Å². The average molecular weight is 780 g/mol. The van der Waals surface area contributed by atoms with Crippen LogP contribution in [0.15, 0.2) is 0 Å². The first-order chi connectivity index (χ1) is 22.6. The average Bonchev–Trinajstić information content (AvgIpc) is 3.04. The second-order valence-corrected chi connectivity index (χ2v) is 20.1. The summed E-state index contributed by atoms with van der Waals surface area (Å²) in [5.41, 5.74) is 0. The third-order valence-corrected chi connectivity index (χ3v) is 13.6. The first-order valence-electron chi connectivity index (χ1n) is 19.3. The minimum absolute atomic E-state index is 0.180. The van der Waals surface area contributed by atoms with Crippen LogP contribution in [-0.2, 0) is 23.6 Å². The maximum absolute atomic E-state index is 12.8. The van der Waals surface area contributed by atoms with Gasteiger partial charge < -0.3 is 0 Å². The van der Waals surface area contributed by atoms with Crippen LogP contribution < -0.4 is 0 Å². The number of aliphatic hydroxyl groups excluding tert-OH is 3. The fraction of sp³-hybridized carbons (Fsp3) is 0.919. The Kier molecular flexibility index (Phi) is 30.5. The van der Waals surface area contributed by atoms with Gasteiger partial charge in [-0.1, -0.05) is 20.8 Å². The molecule has 278 valence electrons. The Labute approximate surface area is 292 Å². The first-order valence-corrected chi connectivity index (χ1v) is 25.7.